The number of benzene rings is 3. The number of nitrogens with zero attached hydrogens (tertiary/aromatic N) is 3. The van der Waals surface area contributed by atoms with Gasteiger partial charge in [0.05, 0.1) is 22.3 Å². The van der Waals surface area contributed by atoms with E-state index >= 15 is 0 Å². The molecule has 0 radical (unpaired) electrons. The summed E-state index contributed by atoms with van der Waals surface area (Å²) < 4.78 is 7.32. The Bertz CT molecular complexity index is 1410. The van der Waals surface area contributed by atoms with Crippen LogP contribution in [0.5, 0.6) is 0 Å². The largest absolute Gasteiger partial charge is 0.444 e. The van der Waals surface area contributed by atoms with Gasteiger partial charge in [-0.15, -0.1) is 0 Å². The Balaban J connectivity index is 1.52. The number of hydrogen-bond acceptors (Lipinski definition) is 5. The van der Waals surface area contributed by atoms with E-state index in [2.05, 4.69) is 4.98 Å². The number of aromatic nitrogens is 3. The quantitative estimate of drug-likeness (QED) is 0.269. The summed E-state index contributed by atoms with van der Waals surface area (Å²) in [6.45, 7) is 2.02. The second-order valence-electron chi connectivity index (χ2n) is 7.19. The van der Waals surface area contributed by atoms with Crippen LogP contribution in [0.1, 0.15) is 11.3 Å². The maximum atomic E-state index is 13.3. The smallest absolute Gasteiger partial charge is 0.266 e. The van der Waals surface area contributed by atoms with Crippen molar-refractivity contribution in [2.24, 2.45) is 0 Å². The number of hydrogen-bond donors (Lipinski definition) is 0. The van der Waals surface area contributed by atoms with E-state index in [4.69, 9.17) is 9.40 Å². The number of para-hydroxylation sites is 1. The first-order chi connectivity index (χ1) is 15.2. The van der Waals surface area contributed by atoms with Crippen LogP contribution in [0.15, 0.2) is 99.5 Å². The van der Waals surface area contributed by atoms with Gasteiger partial charge in [0, 0.05) is 11.3 Å². The highest BCUT2D eigenvalue weighted by Crippen LogP contribution is 2.26. The molecule has 0 saturated carbocycles. The van der Waals surface area contributed by atoms with Crippen molar-refractivity contribution in [2.45, 2.75) is 17.8 Å². The molecule has 5 aromatic rings. The van der Waals surface area contributed by atoms with Gasteiger partial charge in [0.2, 0.25) is 5.89 Å². The Kier molecular flexibility index (Phi) is 5.14. The van der Waals surface area contributed by atoms with E-state index in [1.54, 1.807) is 10.8 Å². The predicted molar refractivity (Wildman–Crippen MR) is 124 cm³/mol. The molecule has 0 fully saturated rings. The number of aryl methyl sites for hydroxylation is 1. The number of rotatable bonds is 5. The van der Waals surface area contributed by atoms with Crippen molar-refractivity contribution in [3.8, 4) is 17.1 Å². The third-order valence-corrected chi connectivity index (χ3v) is 5.93. The van der Waals surface area contributed by atoms with E-state index in [9.17, 15) is 4.79 Å². The lowest BCUT2D eigenvalue weighted by Gasteiger charge is -2.13. The second kappa shape index (κ2) is 8.24. The van der Waals surface area contributed by atoms with Crippen LogP contribution in [0.4, 0.5) is 0 Å². The number of thioether (sulfide) groups is 1. The molecule has 0 aliphatic carbocycles. The van der Waals surface area contributed by atoms with E-state index in [0.29, 0.717) is 27.7 Å². The van der Waals surface area contributed by atoms with E-state index in [1.165, 1.54) is 11.8 Å². The summed E-state index contributed by atoms with van der Waals surface area (Å²) >= 11 is 1.47. The van der Waals surface area contributed by atoms with Gasteiger partial charge in [0.25, 0.3) is 5.56 Å². The molecule has 2 aromatic heterocycles. The van der Waals surface area contributed by atoms with E-state index < -0.39 is 0 Å². The minimum Gasteiger partial charge on any atom is -0.444 e. The Morgan fingerprint density at radius 1 is 0.903 bits per heavy atom. The molecule has 0 spiro atoms. The molecule has 152 valence electrons. The summed E-state index contributed by atoms with van der Waals surface area (Å²) in [5.41, 5.74) is 4.25. The lowest BCUT2D eigenvalue weighted by molar-refractivity contribution is 0.573. The summed E-state index contributed by atoms with van der Waals surface area (Å²) in [4.78, 5) is 22.7. The third kappa shape index (κ3) is 3.90. The van der Waals surface area contributed by atoms with Crippen LogP contribution in [0.2, 0.25) is 0 Å². The molecule has 0 aliphatic heterocycles. The molecule has 0 unspecified atom stereocenters. The molecule has 0 saturated heterocycles. The zero-order valence-corrected chi connectivity index (χ0v) is 17.7. The van der Waals surface area contributed by atoms with Gasteiger partial charge in [-0.05, 0) is 43.3 Å². The van der Waals surface area contributed by atoms with Gasteiger partial charge in [0.1, 0.15) is 6.26 Å². The van der Waals surface area contributed by atoms with Crippen molar-refractivity contribution in [1.29, 1.82) is 0 Å². The molecule has 0 atom stereocenters. The van der Waals surface area contributed by atoms with Crippen LogP contribution in [-0.4, -0.2) is 14.5 Å². The van der Waals surface area contributed by atoms with Crippen molar-refractivity contribution >= 4 is 22.7 Å². The highest BCUT2D eigenvalue weighted by Gasteiger charge is 2.15. The van der Waals surface area contributed by atoms with Gasteiger partial charge in [-0.3, -0.25) is 9.36 Å². The summed E-state index contributed by atoms with van der Waals surface area (Å²) in [6.07, 6.45) is 1.66. The fourth-order valence-electron chi connectivity index (χ4n) is 3.36. The summed E-state index contributed by atoms with van der Waals surface area (Å²) in [5.74, 6) is 1.12. The molecule has 2 heterocycles. The third-order valence-electron chi connectivity index (χ3n) is 4.96. The maximum Gasteiger partial charge on any atom is 0.266 e. The molecular weight excluding hydrogens is 406 g/mol. The zero-order valence-electron chi connectivity index (χ0n) is 16.9. The van der Waals surface area contributed by atoms with Crippen LogP contribution < -0.4 is 5.56 Å². The zero-order chi connectivity index (χ0) is 21.2. The molecule has 3 aromatic carbocycles. The van der Waals surface area contributed by atoms with Crippen LogP contribution >= 0.6 is 11.8 Å². The van der Waals surface area contributed by atoms with Gasteiger partial charge < -0.3 is 4.42 Å². The second-order valence-corrected chi connectivity index (χ2v) is 8.13. The van der Waals surface area contributed by atoms with Crippen molar-refractivity contribution in [1.82, 2.24) is 14.5 Å². The maximum absolute atomic E-state index is 13.3. The van der Waals surface area contributed by atoms with Crippen molar-refractivity contribution in [2.75, 3.05) is 0 Å². The Labute approximate surface area is 183 Å². The van der Waals surface area contributed by atoms with Crippen molar-refractivity contribution in [3.05, 3.63) is 107 Å². The lowest BCUT2D eigenvalue weighted by atomic mass is 10.2. The normalized spacial score (nSPS) is 11.1. The van der Waals surface area contributed by atoms with Gasteiger partial charge in [-0.1, -0.05) is 59.8 Å². The molecule has 0 aliphatic rings. The first-order valence-electron chi connectivity index (χ1n) is 9.90. The highest BCUT2D eigenvalue weighted by atomic mass is 32.2. The molecule has 5 nitrogen and oxygen atoms in total. The molecule has 5 rings (SSSR count). The van der Waals surface area contributed by atoms with Crippen LogP contribution in [0.25, 0.3) is 28.0 Å². The summed E-state index contributed by atoms with van der Waals surface area (Å²) in [6, 6.07) is 25.1. The number of oxazole rings is 1. The van der Waals surface area contributed by atoms with Crippen LogP contribution in [0.3, 0.4) is 0 Å². The Hall–Kier alpha value is -3.64. The number of fused-ring (bicyclic) bond motifs is 1. The van der Waals surface area contributed by atoms with Crippen molar-refractivity contribution < 1.29 is 4.42 Å². The highest BCUT2D eigenvalue weighted by molar-refractivity contribution is 7.98. The van der Waals surface area contributed by atoms with Crippen LogP contribution in [-0.2, 0) is 5.75 Å². The minimum atomic E-state index is -0.0814. The Morgan fingerprint density at radius 3 is 2.45 bits per heavy atom. The van der Waals surface area contributed by atoms with Crippen molar-refractivity contribution in [3.63, 3.8) is 0 Å². The van der Waals surface area contributed by atoms with Gasteiger partial charge in [0.15, 0.2) is 5.16 Å². The Morgan fingerprint density at radius 2 is 1.65 bits per heavy atom. The predicted octanol–water partition coefficient (Wildman–Crippen LogP) is 5.64. The fourth-order valence-corrected chi connectivity index (χ4v) is 4.25. The van der Waals surface area contributed by atoms with Gasteiger partial charge >= 0.3 is 0 Å². The summed E-state index contributed by atoms with van der Waals surface area (Å²) in [5, 5.41) is 1.22. The average molecular weight is 426 g/mol. The minimum absolute atomic E-state index is 0.0814. The van der Waals surface area contributed by atoms with Gasteiger partial charge in [-0.2, -0.15) is 0 Å². The average Bonchev–Trinajstić information content (AvgIpc) is 3.28. The molecule has 0 bridgehead atoms. The first-order valence-corrected chi connectivity index (χ1v) is 10.9. The monoisotopic (exact) mass is 425 g/mol. The lowest BCUT2D eigenvalue weighted by Crippen LogP contribution is -2.21. The molecule has 6 heteroatoms. The molecular formula is C25H19N3O2S. The standard InChI is InChI=1S/C25H19N3O2S/c1-17-11-13-20(14-12-17)28-24(29)21-9-5-6-10-22(21)27-25(28)31-16-19-15-30-23(26-19)18-7-3-2-4-8-18/h2-15H,16H2,1H3. The fraction of sp³-hybridized carbons (Fsp3) is 0.0800. The van der Waals surface area contributed by atoms with E-state index in [1.807, 2.05) is 85.8 Å². The molecule has 0 N–H and O–H groups in total. The summed E-state index contributed by atoms with van der Waals surface area (Å²) in [7, 11) is 0. The van der Waals surface area contributed by atoms with E-state index in [-0.39, 0.29) is 5.56 Å². The topological polar surface area (TPSA) is 60.9 Å². The van der Waals surface area contributed by atoms with Gasteiger partial charge in [-0.25, -0.2) is 9.97 Å². The van der Waals surface area contributed by atoms with E-state index in [0.717, 1.165) is 22.5 Å². The molecule has 0 amide bonds. The first kappa shape index (κ1) is 19.3. The van der Waals surface area contributed by atoms with Crippen LogP contribution in [0, 0.1) is 6.92 Å². The SMILES string of the molecule is Cc1ccc(-n2c(SCc3coc(-c4ccccc4)n3)nc3ccccc3c2=O)cc1. The molecule has 31 heavy (non-hydrogen) atoms.